The quantitative estimate of drug-likeness (QED) is 0.141. The number of rotatable bonds is 10. The highest BCUT2D eigenvalue weighted by Crippen LogP contribution is 2.49. The lowest BCUT2D eigenvalue weighted by Crippen LogP contribution is -2.47. The summed E-state index contributed by atoms with van der Waals surface area (Å²) in [5.74, 6) is 0.364. The van der Waals surface area contributed by atoms with Crippen molar-refractivity contribution in [2.45, 2.75) is 171 Å². The maximum absolute atomic E-state index is 12.4. The maximum Gasteiger partial charge on any atom is 0.316 e. The summed E-state index contributed by atoms with van der Waals surface area (Å²) in [6.45, 7) is 26.3. The molecule has 4 aliphatic rings. The standard InChI is InChI=1S/C17H32O2.C13H18O5.C12H16O3/c1-8-16(6,7)14(18)19-17(9-2)11-13(3)10-15(4,5)12-17;1-4-13(2,3)12(15)18-9-7-5-6-8(16-7)10(9)17-11(6)14;1-4-12(2,3)11(14)15-10-7-5-9(13)6-8-10/h13H,8-12H2,1-7H3;6-10H,4-5H2,1-3H3;5-8,13H,4H2,1-3H3. The summed E-state index contributed by atoms with van der Waals surface area (Å²) < 4.78 is 27.7. The Bertz CT molecular complexity index is 1410. The van der Waals surface area contributed by atoms with Crippen molar-refractivity contribution >= 4 is 23.9 Å². The van der Waals surface area contributed by atoms with Crippen LogP contribution in [0.3, 0.4) is 0 Å². The Morgan fingerprint density at radius 2 is 1.37 bits per heavy atom. The Labute approximate surface area is 312 Å². The number of hydrogen-bond acceptors (Lipinski definition) is 10. The number of aromatic hydroxyl groups is 1. The van der Waals surface area contributed by atoms with Crippen LogP contribution in [0.5, 0.6) is 11.5 Å². The number of ether oxygens (including phenoxy) is 5. The number of hydrogen-bond donors (Lipinski definition) is 1. The molecule has 7 atom stereocenters. The first kappa shape index (κ1) is 43.3. The van der Waals surface area contributed by atoms with E-state index in [0.29, 0.717) is 24.5 Å². The lowest BCUT2D eigenvalue weighted by atomic mass is 9.65. The first-order chi connectivity index (χ1) is 23.9. The van der Waals surface area contributed by atoms with Gasteiger partial charge in [-0.05, 0) is 129 Å². The Hall–Kier alpha value is -3.14. The van der Waals surface area contributed by atoms with E-state index >= 15 is 0 Å². The zero-order valence-corrected chi connectivity index (χ0v) is 34.1. The number of fused-ring (bicyclic) bond motifs is 1. The molecular weight excluding hydrogens is 664 g/mol. The van der Waals surface area contributed by atoms with Crippen molar-refractivity contribution in [2.24, 2.45) is 33.5 Å². The molecule has 3 saturated heterocycles. The van der Waals surface area contributed by atoms with Crippen molar-refractivity contribution in [1.82, 2.24) is 0 Å². The predicted octanol–water partition coefficient (Wildman–Crippen LogP) is 8.74. The van der Waals surface area contributed by atoms with Gasteiger partial charge in [-0.1, -0.05) is 48.5 Å². The van der Waals surface area contributed by atoms with E-state index in [2.05, 4.69) is 27.7 Å². The van der Waals surface area contributed by atoms with Gasteiger partial charge in [0.15, 0.2) is 12.2 Å². The molecule has 2 bridgehead atoms. The summed E-state index contributed by atoms with van der Waals surface area (Å²) >= 11 is 0. The zero-order valence-electron chi connectivity index (χ0n) is 34.1. The minimum absolute atomic E-state index is 0.0262. The van der Waals surface area contributed by atoms with E-state index in [9.17, 15) is 19.2 Å². The molecule has 3 aliphatic heterocycles. The average molecular weight is 731 g/mol. The molecule has 1 aromatic carbocycles. The molecule has 10 nitrogen and oxygen atoms in total. The fraction of sp³-hybridized carbons (Fsp3) is 0.762. The van der Waals surface area contributed by atoms with Crippen LogP contribution in [0.15, 0.2) is 24.3 Å². The normalized spacial score (nSPS) is 28.8. The van der Waals surface area contributed by atoms with Crippen LogP contribution in [-0.4, -0.2) is 59.0 Å². The highest BCUT2D eigenvalue weighted by atomic mass is 16.7. The van der Waals surface area contributed by atoms with E-state index in [4.69, 9.17) is 28.8 Å². The number of phenols is 1. The van der Waals surface area contributed by atoms with Gasteiger partial charge in [0.1, 0.15) is 23.2 Å². The second-order valence-electron chi connectivity index (χ2n) is 18.1. The van der Waals surface area contributed by atoms with Crippen LogP contribution < -0.4 is 4.74 Å². The van der Waals surface area contributed by atoms with Crippen molar-refractivity contribution < 1.29 is 48.0 Å². The smallest absolute Gasteiger partial charge is 0.316 e. The molecule has 1 saturated carbocycles. The summed E-state index contributed by atoms with van der Waals surface area (Å²) in [5.41, 5.74) is -1.33. The van der Waals surface area contributed by atoms with Gasteiger partial charge in [0.05, 0.1) is 28.3 Å². The highest BCUT2D eigenvalue weighted by molar-refractivity contribution is 5.79. The van der Waals surface area contributed by atoms with Gasteiger partial charge >= 0.3 is 23.9 Å². The van der Waals surface area contributed by atoms with Gasteiger partial charge in [-0.15, -0.1) is 0 Å². The molecule has 7 unspecified atom stereocenters. The molecular formula is C42H66O10. The molecule has 5 rings (SSSR count). The summed E-state index contributed by atoms with van der Waals surface area (Å²) in [6.07, 6.45) is 5.84. The van der Waals surface area contributed by atoms with Crippen LogP contribution in [0.1, 0.15) is 141 Å². The van der Waals surface area contributed by atoms with Gasteiger partial charge in [0.2, 0.25) is 0 Å². The third-order valence-electron chi connectivity index (χ3n) is 11.8. The topological polar surface area (TPSA) is 135 Å². The number of carbonyl (C=O) groups is 4. The van der Waals surface area contributed by atoms with Crippen molar-refractivity contribution in [2.75, 3.05) is 0 Å². The van der Waals surface area contributed by atoms with E-state index in [1.54, 1.807) is 12.1 Å². The van der Waals surface area contributed by atoms with Crippen molar-refractivity contribution in [3.8, 4) is 11.5 Å². The van der Waals surface area contributed by atoms with Gasteiger partial charge in [-0.3, -0.25) is 19.2 Å². The Morgan fingerprint density at radius 3 is 1.88 bits per heavy atom. The molecule has 0 spiro atoms. The first-order valence-corrected chi connectivity index (χ1v) is 19.3. The summed E-state index contributed by atoms with van der Waals surface area (Å²) in [6, 6.07) is 6.11. The molecule has 1 aromatic rings. The van der Waals surface area contributed by atoms with Crippen molar-refractivity contribution in [3.63, 3.8) is 0 Å². The van der Waals surface area contributed by atoms with Crippen LogP contribution in [0.25, 0.3) is 0 Å². The fourth-order valence-electron chi connectivity index (χ4n) is 7.28. The third kappa shape index (κ3) is 10.3. The van der Waals surface area contributed by atoms with Crippen LogP contribution in [0.4, 0.5) is 0 Å². The molecule has 0 aromatic heterocycles. The number of phenolic OH excluding ortho intramolecular Hbond substituents is 1. The largest absolute Gasteiger partial charge is 0.508 e. The van der Waals surface area contributed by atoms with Crippen LogP contribution in [0, 0.1) is 33.5 Å². The fourth-order valence-corrected chi connectivity index (χ4v) is 7.28. The molecule has 1 aliphatic carbocycles. The van der Waals surface area contributed by atoms with Crippen LogP contribution in [0.2, 0.25) is 0 Å². The molecule has 4 fully saturated rings. The summed E-state index contributed by atoms with van der Waals surface area (Å²) in [4.78, 5) is 47.7. The number of esters is 4. The SMILES string of the molecule is CCC(C)(C)C(=O)OC1C2CC3C(=O)OC1C3O2.CCC(C)(C)C(=O)Oc1ccc(O)cc1.CCC1(OC(=O)C(C)(C)CC)CC(C)CC(C)(C)C1. The van der Waals surface area contributed by atoms with Gasteiger partial charge in [0.25, 0.3) is 0 Å². The van der Waals surface area contributed by atoms with Crippen LogP contribution >= 0.6 is 0 Å². The molecule has 10 heteroatoms. The maximum atomic E-state index is 12.4. The number of benzene rings is 1. The minimum atomic E-state index is -0.510. The van der Waals surface area contributed by atoms with E-state index < -0.39 is 23.0 Å². The molecule has 1 N–H and O–H groups in total. The summed E-state index contributed by atoms with van der Waals surface area (Å²) in [5, 5.41) is 9.06. The molecule has 52 heavy (non-hydrogen) atoms. The van der Waals surface area contributed by atoms with Gasteiger partial charge < -0.3 is 28.8 Å². The predicted molar refractivity (Wildman–Crippen MR) is 198 cm³/mol. The average Bonchev–Trinajstić information content (AvgIpc) is 3.71. The second kappa shape index (κ2) is 16.5. The Balaban J connectivity index is 0.000000212. The second-order valence-corrected chi connectivity index (χ2v) is 18.1. The summed E-state index contributed by atoms with van der Waals surface area (Å²) in [7, 11) is 0. The molecule has 0 amide bonds. The minimum Gasteiger partial charge on any atom is -0.508 e. The van der Waals surface area contributed by atoms with E-state index in [-0.39, 0.29) is 64.2 Å². The van der Waals surface area contributed by atoms with Crippen molar-refractivity contribution in [1.29, 1.82) is 0 Å². The first-order valence-electron chi connectivity index (χ1n) is 19.3. The van der Waals surface area contributed by atoms with Gasteiger partial charge in [0, 0.05) is 0 Å². The lowest BCUT2D eigenvalue weighted by Gasteiger charge is -2.47. The Kier molecular flexibility index (Phi) is 13.7. The van der Waals surface area contributed by atoms with Gasteiger partial charge in [-0.2, -0.15) is 0 Å². The molecule has 294 valence electrons. The highest BCUT2D eigenvalue weighted by Gasteiger charge is 2.65. The van der Waals surface area contributed by atoms with Gasteiger partial charge in [-0.25, -0.2) is 0 Å². The monoisotopic (exact) mass is 730 g/mol. The van der Waals surface area contributed by atoms with E-state index in [0.717, 1.165) is 32.1 Å². The van der Waals surface area contributed by atoms with Crippen LogP contribution in [-0.2, 0) is 38.1 Å². The molecule has 0 radical (unpaired) electrons. The Morgan fingerprint density at radius 1 is 0.827 bits per heavy atom. The van der Waals surface area contributed by atoms with Crippen molar-refractivity contribution in [3.05, 3.63) is 24.3 Å². The van der Waals surface area contributed by atoms with E-state index in [1.165, 1.54) is 18.6 Å². The number of carbonyl (C=O) groups excluding carboxylic acids is 4. The zero-order chi connectivity index (χ0) is 39.4. The van der Waals surface area contributed by atoms with E-state index in [1.807, 2.05) is 62.3 Å². The lowest BCUT2D eigenvalue weighted by molar-refractivity contribution is -0.181. The third-order valence-corrected chi connectivity index (χ3v) is 11.8. The molecule has 3 heterocycles.